The number of amides is 3. The van der Waals surface area contributed by atoms with Gasteiger partial charge in [-0.25, -0.2) is 4.79 Å². The molecular weight excluding hydrogens is 394 g/mol. The third kappa shape index (κ3) is 4.50. The highest BCUT2D eigenvalue weighted by Gasteiger charge is 2.49. The van der Waals surface area contributed by atoms with Gasteiger partial charge in [-0.05, 0) is 42.3 Å². The Labute approximate surface area is 173 Å². The van der Waals surface area contributed by atoms with E-state index >= 15 is 0 Å². The largest absolute Gasteiger partial charge is 0.491 e. The molecule has 0 aliphatic carbocycles. The second-order valence-electron chi connectivity index (χ2n) is 6.92. The highest BCUT2D eigenvalue weighted by atomic mass is 35.5. The molecule has 1 aliphatic rings. The third-order valence-corrected chi connectivity index (χ3v) is 4.99. The summed E-state index contributed by atoms with van der Waals surface area (Å²) in [6.45, 7) is 1.33. The summed E-state index contributed by atoms with van der Waals surface area (Å²) in [4.78, 5) is 26.2. The van der Waals surface area contributed by atoms with Crippen molar-refractivity contribution in [1.82, 2.24) is 10.2 Å². The van der Waals surface area contributed by atoms with Gasteiger partial charge in [0.05, 0.1) is 19.0 Å². The first kappa shape index (κ1) is 20.6. The number of carbonyl (C=O) groups excluding carboxylic acids is 2. The van der Waals surface area contributed by atoms with Crippen molar-refractivity contribution < 1.29 is 19.4 Å². The first-order chi connectivity index (χ1) is 13.8. The van der Waals surface area contributed by atoms with Crippen molar-refractivity contribution in [1.29, 1.82) is 5.26 Å². The van der Waals surface area contributed by atoms with Crippen LogP contribution in [0.4, 0.5) is 4.79 Å². The van der Waals surface area contributed by atoms with Gasteiger partial charge in [0.15, 0.2) is 0 Å². The lowest BCUT2D eigenvalue weighted by Crippen LogP contribution is -2.42. The minimum absolute atomic E-state index is 0.0910. The molecule has 2 atom stereocenters. The minimum atomic E-state index is -1.22. The van der Waals surface area contributed by atoms with Gasteiger partial charge in [0.1, 0.15) is 24.0 Å². The summed E-state index contributed by atoms with van der Waals surface area (Å²) >= 11 is 5.89. The van der Waals surface area contributed by atoms with Crippen molar-refractivity contribution in [3.05, 3.63) is 64.7 Å². The van der Waals surface area contributed by atoms with E-state index in [0.717, 1.165) is 10.5 Å². The van der Waals surface area contributed by atoms with Crippen LogP contribution < -0.4 is 10.1 Å². The Kier molecular flexibility index (Phi) is 6.06. The van der Waals surface area contributed by atoms with E-state index in [0.29, 0.717) is 22.8 Å². The Bertz CT molecular complexity index is 940. The minimum Gasteiger partial charge on any atom is -0.491 e. The van der Waals surface area contributed by atoms with Gasteiger partial charge in [0, 0.05) is 5.02 Å². The number of rotatable bonds is 7. The second kappa shape index (κ2) is 8.52. The number of urea groups is 1. The normalized spacial score (nSPS) is 19.6. The number of imide groups is 1. The van der Waals surface area contributed by atoms with Crippen LogP contribution in [0, 0.1) is 11.3 Å². The zero-order valence-electron chi connectivity index (χ0n) is 15.8. The Hall–Kier alpha value is -3.08. The molecule has 1 saturated heterocycles. The number of nitriles is 1. The van der Waals surface area contributed by atoms with Crippen molar-refractivity contribution in [3.63, 3.8) is 0 Å². The van der Waals surface area contributed by atoms with Crippen molar-refractivity contribution >= 4 is 23.5 Å². The zero-order valence-corrected chi connectivity index (χ0v) is 16.5. The van der Waals surface area contributed by atoms with Crippen molar-refractivity contribution in [2.45, 2.75) is 25.0 Å². The molecule has 150 valence electrons. The van der Waals surface area contributed by atoms with Crippen LogP contribution in [-0.2, 0) is 16.8 Å². The van der Waals surface area contributed by atoms with Crippen LogP contribution in [0.15, 0.2) is 48.5 Å². The highest BCUT2D eigenvalue weighted by Crippen LogP contribution is 2.29. The number of ether oxygens (including phenoxy) is 1. The molecule has 1 heterocycles. The molecule has 3 rings (SSSR count). The first-order valence-electron chi connectivity index (χ1n) is 9.00. The maximum Gasteiger partial charge on any atom is 0.325 e. The fourth-order valence-electron chi connectivity index (χ4n) is 3.09. The molecule has 3 amide bonds. The van der Waals surface area contributed by atoms with E-state index in [1.807, 2.05) is 0 Å². The van der Waals surface area contributed by atoms with Crippen LogP contribution in [0.2, 0.25) is 5.02 Å². The molecule has 0 spiro atoms. The molecular formula is C21H20ClN3O4. The molecule has 0 unspecified atom stereocenters. The van der Waals surface area contributed by atoms with Gasteiger partial charge in [-0.15, -0.1) is 0 Å². The van der Waals surface area contributed by atoms with Crippen LogP contribution in [0.25, 0.3) is 0 Å². The molecule has 0 saturated carbocycles. The number of nitrogens with zero attached hydrogens (tertiary/aromatic N) is 2. The molecule has 0 radical (unpaired) electrons. The summed E-state index contributed by atoms with van der Waals surface area (Å²) in [7, 11) is 0. The van der Waals surface area contributed by atoms with Gasteiger partial charge >= 0.3 is 6.03 Å². The standard InChI is InChI=1S/C21H20ClN3O4/c1-21(15-4-6-16(22)7-5-15)19(27)25(20(28)24-21)12-17(26)13-29-18-8-2-14(3-9-18)10-11-23/h2-9,17,26H,10,12-13H2,1H3,(H,24,28)/t17-,21+/m0/s1. The topological polar surface area (TPSA) is 103 Å². The predicted molar refractivity (Wildman–Crippen MR) is 106 cm³/mol. The second-order valence-corrected chi connectivity index (χ2v) is 7.36. The van der Waals surface area contributed by atoms with Crippen molar-refractivity contribution in [2.24, 2.45) is 0 Å². The monoisotopic (exact) mass is 413 g/mol. The van der Waals surface area contributed by atoms with E-state index in [1.54, 1.807) is 55.5 Å². The van der Waals surface area contributed by atoms with Crippen LogP contribution in [0.3, 0.4) is 0 Å². The molecule has 2 aromatic rings. The summed E-state index contributed by atoms with van der Waals surface area (Å²) in [6, 6.07) is 15.1. The van der Waals surface area contributed by atoms with E-state index in [9.17, 15) is 14.7 Å². The Balaban J connectivity index is 1.60. The molecule has 29 heavy (non-hydrogen) atoms. The van der Waals surface area contributed by atoms with Gasteiger partial charge in [-0.2, -0.15) is 5.26 Å². The molecule has 2 N–H and O–H groups in total. The van der Waals surface area contributed by atoms with Crippen molar-refractivity contribution in [3.8, 4) is 11.8 Å². The van der Waals surface area contributed by atoms with E-state index in [1.165, 1.54) is 0 Å². The van der Waals surface area contributed by atoms with Gasteiger partial charge in [0.25, 0.3) is 5.91 Å². The summed E-state index contributed by atoms with van der Waals surface area (Å²) in [5.41, 5.74) is 0.242. The lowest BCUT2D eigenvalue weighted by molar-refractivity contribution is -0.132. The number of carbonyl (C=O) groups is 2. The number of aliphatic hydroxyl groups is 1. The summed E-state index contributed by atoms with van der Waals surface area (Å²) in [5, 5.41) is 22.1. The number of hydrogen-bond acceptors (Lipinski definition) is 5. The molecule has 1 aliphatic heterocycles. The Morgan fingerprint density at radius 1 is 1.21 bits per heavy atom. The first-order valence-corrected chi connectivity index (χ1v) is 9.38. The zero-order chi connectivity index (χ0) is 21.0. The lowest BCUT2D eigenvalue weighted by Gasteiger charge is -2.23. The highest BCUT2D eigenvalue weighted by molar-refractivity contribution is 6.30. The Morgan fingerprint density at radius 3 is 2.48 bits per heavy atom. The number of hydrogen-bond donors (Lipinski definition) is 2. The maximum absolute atomic E-state index is 12.9. The van der Waals surface area contributed by atoms with Gasteiger partial charge in [-0.3, -0.25) is 9.69 Å². The van der Waals surface area contributed by atoms with Crippen molar-refractivity contribution in [2.75, 3.05) is 13.2 Å². The summed E-state index contributed by atoms with van der Waals surface area (Å²) < 4.78 is 5.51. The van der Waals surface area contributed by atoms with Crippen LogP contribution in [0.5, 0.6) is 5.75 Å². The molecule has 0 bridgehead atoms. The summed E-state index contributed by atoms with van der Waals surface area (Å²) in [6.07, 6.45) is -0.752. The van der Waals surface area contributed by atoms with E-state index in [2.05, 4.69) is 11.4 Å². The smallest absolute Gasteiger partial charge is 0.325 e. The quantitative estimate of drug-likeness (QED) is 0.679. The van der Waals surface area contributed by atoms with E-state index < -0.39 is 23.6 Å². The summed E-state index contributed by atoms with van der Waals surface area (Å²) in [5.74, 6) is 0.0682. The SMILES string of the molecule is C[C@]1(c2ccc(Cl)cc2)NC(=O)N(C[C@H](O)COc2ccc(CC#N)cc2)C1=O. The predicted octanol–water partition coefficient (Wildman–Crippen LogP) is 2.61. The number of benzene rings is 2. The molecule has 8 heteroatoms. The third-order valence-electron chi connectivity index (χ3n) is 4.74. The van der Waals surface area contributed by atoms with Crippen LogP contribution in [0.1, 0.15) is 18.1 Å². The van der Waals surface area contributed by atoms with Crippen LogP contribution >= 0.6 is 11.6 Å². The lowest BCUT2D eigenvalue weighted by atomic mass is 9.92. The average molecular weight is 414 g/mol. The van der Waals surface area contributed by atoms with Gasteiger partial charge < -0.3 is 15.2 Å². The maximum atomic E-state index is 12.9. The number of β-amino-alcohol motifs (C(OH)–C–C–N with tert-alkyl or cyclic N) is 1. The molecule has 2 aromatic carbocycles. The fraction of sp³-hybridized carbons (Fsp3) is 0.286. The van der Waals surface area contributed by atoms with Gasteiger partial charge in [-0.1, -0.05) is 35.9 Å². The molecule has 7 nitrogen and oxygen atoms in total. The number of nitrogens with one attached hydrogen (secondary N) is 1. The fourth-order valence-corrected chi connectivity index (χ4v) is 3.22. The van der Waals surface area contributed by atoms with E-state index in [4.69, 9.17) is 21.6 Å². The van der Waals surface area contributed by atoms with Crippen LogP contribution in [-0.4, -0.2) is 41.2 Å². The number of halogens is 1. The number of aliphatic hydroxyl groups excluding tert-OH is 1. The van der Waals surface area contributed by atoms with Gasteiger partial charge in [0.2, 0.25) is 0 Å². The molecule has 1 fully saturated rings. The Morgan fingerprint density at radius 2 is 1.86 bits per heavy atom. The van der Waals surface area contributed by atoms with E-state index in [-0.39, 0.29) is 13.2 Å². The molecule has 0 aromatic heterocycles. The average Bonchev–Trinajstić information content (AvgIpc) is 2.92.